The fourth-order valence-corrected chi connectivity index (χ4v) is 1.29. The largest absolute Gasteiger partial charge is 0.422 e. The molecule has 0 saturated heterocycles. The first-order valence-corrected chi connectivity index (χ1v) is 4.79. The molecule has 2 aromatic rings. The summed E-state index contributed by atoms with van der Waals surface area (Å²) in [5, 5.41) is 3.93. The van der Waals surface area contributed by atoms with Crippen molar-refractivity contribution in [3.63, 3.8) is 0 Å². The maximum Gasteiger partial charge on any atom is 0.341 e. The number of benzene rings is 1. The van der Waals surface area contributed by atoms with Gasteiger partial charge >= 0.3 is 6.01 Å². The lowest BCUT2D eigenvalue weighted by atomic mass is 10.1. The lowest BCUT2D eigenvalue weighted by Crippen LogP contribution is -2.12. The quantitative estimate of drug-likeness (QED) is 0.740. The van der Waals surface area contributed by atoms with Gasteiger partial charge < -0.3 is 16.2 Å². The second kappa shape index (κ2) is 4.12. The predicted molar refractivity (Wildman–Crippen MR) is 60.4 cm³/mol. The third-order valence-corrected chi connectivity index (χ3v) is 2.05. The molecule has 0 aliphatic rings. The molecule has 0 saturated carbocycles. The lowest BCUT2D eigenvalue weighted by molar-refractivity contribution is 0.0998. The highest BCUT2D eigenvalue weighted by molar-refractivity contribution is 5.96. The molecule has 2 rings (SSSR count). The minimum Gasteiger partial charge on any atom is -0.422 e. The SMILES string of the molecule is Cn1cnc(Oc2ccc(N)cc2C(N)=O)n1. The van der Waals surface area contributed by atoms with Crippen LogP contribution in [0.25, 0.3) is 0 Å². The molecule has 0 unspecified atom stereocenters. The van der Waals surface area contributed by atoms with Gasteiger partial charge in [-0.2, -0.15) is 4.98 Å². The van der Waals surface area contributed by atoms with Gasteiger partial charge in [-0.05, 0) is 18.2 Å². The average Bonchev–Trinajstić information content (AvgIpc) is 2.66. The van der Waals surface area contributed by atoms with Crippen molar-refractivity contribution in [2.75, 3.05) is 5.73 Å². The summed E-state index contributed by atoms with van der Waals surface area (Å²) in [5.74, 6) is -0.346. The van der Waals surface area contributed by atoms with Crippen molar-refractivity contribution in [3.05, 3.63) is 30.1 Å². The molecule has 0 radical (unpaired) electrons. The van der Waals surface area contributed by atoms with E-state index in [9.17, 15) is 4.79 Å². The van der Waals surface area contributed by atoms with E-state index in [1.165, 1.54) is 17.1 Å². The molecule has 1 heterocycles. The summed E-state index contributed by atoms with van der Waals surface area (Å²) >= 11 is 0. The zero-order chi connectivity index (χ0) is 12.4. The normalized spacial score (nSPS) is 10.2. The Bertz CT molecular complexity index is 564. The van der Waals surface area contributed by atoms with Crippen molar-refractivity contribution in [2.24, 2.45) is 12.8 Å². The van der Waals surface area contributed by atoms with Gasteiger partial charge in [0.05, 0.1) is 5.56 Å². The summed E-state index contributed by atoms with van der Waals surface area (Å²) in [4.78, 5) is 15.1. The molecule has 7 nitrogen and oxygen atoms in total. The number of amides is 1. The molecule has 0 aliphatic heterocycles. The number of nitrogens with zero attached hydrogens (tertiary/aromatic N) is 3. The van der Waals surface area contributed by atoms with Crippen LogP contribution in [0.4, 0.5) is 5.69 Å². The zero-order valence-electron chi connectivity index (χ0n) is 9.12. The van der Waals surface area contributed by atoms with Gasteiger partial charge in [0.25, 0.3) is 5.91 Å². The van der Waals surface area contributed by atoms with Gasteiger partial charge in [0.2, 0.25) is 0 Å². The van der Waals surface area contributed by atoms with E-state index in [0.717, 1.165) is 0 Å². The summed E-state index contributed by atoms with van der Waals surface area (Å²) in [7, 11) is 1.71. The number of hydrogen-bond acceptors (Lipinski definition) is 5. The summed E-state index contributed by atoms with van der Waals surface area (Å²) < 4.78 is 6.83. The first-order chi connectivity index (χ1) is 8.06. The molecule has 4 N–H and O–H groups in total. The van der Waals surface area contributed by atoms with Crippen molar-refractivity contribution in [1.29, 1.82) is 0 Å². The highest BCUT2D eigenvalue weighted by Gasteiger charge is 2.12. The number of carbonyl (C=O) groups is 1. The Balaban J connectivity index is 2.35. The molecule has 1 amide bonds. The summed E-state index contributed by atoms with van der Waals surface area (Å²) in [5.41, 5.74) is 11.4. The van der Waals surface area contributed by atoms with Crippen LogP contribution in [0, 0.1) is 0 Å². The molecule has 0 aliphatic carbocycles. The Kier molecular flexibility index (Phi) is 2.65. The number of rotatable bonds is 3. The Morgan fingerprint density at radius 1 is 1.47 bits per heavy atom. The maximum atomic E-state index is 11.2. The lowest BCUT2D eigenvalue weighted by Gasteiger charge is -2.06. The van der Waals surface area contributed by atoms with E-state index in [1.54, 1.807) is 19.2 Å². The van der Waals surface area contributed by atoms with Crippen molar-refractivity contribution >= 4 is 11.6 Å². The fraction of sp³-hybridized carbons (Fsp3) is 0.100. The van der Waals surface area contributed by atoms with E-state index in [2.05, 4.69) is 10.1 Å². The smallest absolute Gasteiger partial charge is 0.341 e. The van der Waals surface area contributed by atoms with Crippen molar-refractivity contribution in [2.45, 2.75) is 0 Å². The number of nitrogens with two attached hydrogens (primary N) is 2. The highest BCUT2D eigenvalue weighted by atomic mass is 16.5. The third-order valence-electron chi connectivity index (χ3n) is 2.05. The fourth-order valence-electron chi connectivity index (χ4n) is 1.29. The second-order valence-electron chi connectivity index (χ2n) is 3.42. The molecule has 88 valence electrons. The van der Waals surface area contributed by atoms with Gasteiger partial charge in [-0.3, -0.25) is 9.48 Å². The first kappa shape index (κ1) is 10.9. The van der Waals surface area contributed by atoms with E-state index in [4.69, 9.17) is 16.2 Å². The van der Waals surface area contributed by atoms with Crippen LogP contribution in [0.5, 0.6) is 11.8 Å². The Labute approximate surface area is 97.0 Å². The van der Waals surface area contributed by atoms with Crippen LogP contribution in [0.3, 0.4) is 0 Å². The van der Waals surface area contributed by atoms with Crippen molar-refractivity contribution in [1.82, 2.24) is 14.8 Å². The minimum absolute atomic E-state index is 0.139. The summed E-state index contributed by atoms with van der Waals surface area (Å²) in [6.07, 6.45) is 1.48. The van der Waals surface area contributed by atoms with E-state index in [1.807, 2.05) is 0 Å². The average molecular weight is 233 g/mol. The van der Waals surface area contributed by atoms with Crippen molar-refractivity contribution in [3.8, 4) is 11.8 Å². The minimum atomic E-state index is -0.622. The van der Waals surface area contributed by atoms with Gasteiger partial charge in [0, 0.05) is 12.7 Å². The highest BCUT2D eigenvalue weighted by Crippen LogP contribution is 2.24. The van der Waals surface area contributed by atoms with Gasteiger partial charge in [-0.1, -0.05) is 0 Å². The molecule has 7 heteroatoms. The summed E-state index contributed by atoms with van der Waals surface area (Å²) in [6, 6.07) is 4.73. The first-order valence-electron chi connectivity index (χ1n) is 4.79. The number of ether oxygens (including phenoxy) is 1. The predicted octanol–water partition coefficient (Wildman–Crippen LogP) is 0.288. The molecular weight excluding hydrogens is 222 g/mol. The van der Waals surface area contributed by atoms with Gasteiger partial charge in [0.15, 0.2) is 0 Å². The maximum absolute atomic E-state index is 11.2. The second-order valence-corrected chi connectivity index (χ2v) is 3.42. The number of aromatic nitrogens is 3. The number of carbonyl (C=O) groups excluding carboxylic acids is 1. The Morgan fingerprint density at radius 2 is 2.24 bits per heavy atom. The number of primary amides is 1. The van der Waals surface area contributed by atoms with Crippen LogP contribution in [0.15, 0.2) is 24.5 Å². The molecule has 0 atom stereocenters. The van der Waals surface area contributed by atoms with E-state index >= 15 is 0 Å². The number of anilines is 1. The van der Waals surface area contributed by atoms with Gasteiger partial charge in [-0.15, -0.1) is 5.10 Å². The molecule has 17 heavy (non-hydrogen) atoms. The topological polar surface area (TPSA) is 109 Å². The van der Waals surface area contributed by atoms with Crippen molar-refractivity contribution < 1.29 is 9.53 Å². The molecular formula is C10H11N5O2. The van der Waals surface area contributed by atoms with Gasteiger partial charge in [0.1, 0.15) is 12.1 Å². The Morgan fingerprint density at radius 3 is 2.82 bits per heavy atom. The molecule has 0 bridgehead atoms. The zero-order valence-corrected chi connectivity index (χ0v) is 9.12. The third kappa shape index (κ3) is 2.33. The van der Waals surface area contributed by atoms with Crippen LogP contribution in [-0.4, -0.2) is 20.7 Å². The summed E-state index contributed by atoms with van der Waals surface area (Å²) in [6.45, 7) is 0. The van der Waals surface area contributed by atoms with Crippen LogP contribution in [-0.2, 0) is 7.05 Å². The standard InChI is InChI=1S/C10H11N5O2/c1-15-5-13-10(14-15)17-8-3-2-6(11)4-7(8)9(12)16/h2-5H,11H2,1H3,(H2,12,16). The van der Waals surface area contributed by atoms with E-state index in [-0.39, 0.29) is 17.3 Å². The monoisotopic (exact) mass is 233 g/mol. The Hall–Kier alpha value is -2.57. The number of nitrogen functional groups attached to an aromatic ring is 1. The van der Waals surface area contributed by atoms with Crippen LogP contribution < -0.4 is 16.2 Å². The van der Waals surface area contributed by atoms with Gasteiger partial charge in [-0.25, -0.2) is 0 Å². The molecule has 1 aromatic heterocycles. The van der Waals surface area contributed by atoms with Crippen LogP contribution in [0.1, 0.15) is 10.4 Å². The van der Waals surface area contributed by atoms with E-state index < -0.39 is 5.91 Å². The number of hydrogen-bond donors (Lipinski definition) is 2. The molecule has 0 fully saturated rings. The molecule has 0 spiro atoms. The van der Waals surface area contributed by atoms with E-state index in [0.29, 0.717) is 5.69 Å². The van der Waals surface area contributed by atoms with Crippen LogP contribution in [0.2, 0.25) is 0 Å². The van der Waals surface area contributed by atoms with Crippen LogP contribution >= 0.6 is 0 Å². The number of aryl methyl sites for hydroxylation is 1. The molecule has 1 aromatic carbocycles.